The highest BCUT2D eigenvalue weighted by atomic mass is 32.2. The van der Waals surface area contributed by atoms with Crippen LogP contribution in [0.4, 0.5) is 0 Å². The topological polar surface area (TPSA) is 50.4 Å². The molecule has 0 saturated heterocycles. The second-order valence-electron chi connectivity index (χ2n) is 1.30. The third-order valence-electron chi connectivity index (χ3n) is 0.647. The Hall–Kier alpha value is -0.220. The molecule has 7 heavy (non-hydrogen) atoms. The molecule has 0 aromatic rings. The normalized spacial score (nSPS) is 29.4. The smallest absolute Gasteiger partial charge is 0.144 e. The lowest BCUT2D eigenvalue weighted by Gasteiger charge is -1.95. The first-order valence-corrected chi connectivity index (χ1v) is 2.89. The predicted molar refractivity (Wildman–Crippen MR) is 31.8 cm³/mol. The van der Waals surface area contributed by atoms with E-state index in [1.165, 1.54) is 11.8 Å². The zero-order chi connectivity index (χ0) is 5.28. The average molecular weight is 117 g/mol. The van der Waals surface area contributed by atoms with E-state index in [9.17, 15) is 0 Å². The molecule has 0 spiro atoms. The van der Waals surface area contributed by atoms with Crippen LogP contribution < -0.4 is 11.2 Å². The molecule has 0 saturated carbocycles. The van der Waals surface area contributed by atoms with Crippen LogP contribution in [0.25, 0.3) is 0 Å². The molecule has 0 radical (unpaired) electrons. The fraction of sp³-hybridized carbons (Fsp3) is 0.667. The van der Waals surface area contributed by atoms with Gasteiger partial charge < -0.3 is 5.73 Å². The molecule has 0 fully saturated rings. The Balaban J connectivity index is 2.42. The summed E-state index contributed by atoms with van der Waals surface area (Å²) in [4.78, 5) is 0. The summed E-state index contributed by atoms with van der Waals surface area (Å²) in [6, 6.07) is 0. The van der Waals surface area contributed by atoms with Gasteiger partial charge in [0.1, 0.15) is 5.50 Å². The van der Waals surface area contributed by atoms with Gasteiger partial charge in [0, 0.05) is 0 Å². The van der Waals surface area contributed by atoms with Crippen LogP contribution in [0.15, 0.2) is 5.10 Å². The van der Waals surface area contributed by atoms with Gasteiger partial charge in [0.25, 0.3) is 0 Å². The van der Waals surface area contributed by atoms with Crippen molar-refractivity contribution >= 4 is 16.8 Å². The minimum absolute atomic E-state index is 0.0139. The van der Waals surface area contributed by atoms with Gasteiger partial charge in [0.05, 0.1) is 5.04 Å². The SMILES string of the molecule is CC1=NNC(N)S1. The van der Waals surface area contributed by atoms with Crippen molar-refractivity contribution < 1.29 is 0 Å². The molecule has 0 aliphatic carbocycles. The summed E-state index contributed by atoms with van der Waals surface area (Å²) in [7, 11) is 0. The predicted octanol–water partition coefficient (Wildman–Crippen LogP) is -0.102. The highest BCUT2D eigenvalue weighted by molar-refractivity contribution is 8.14. The van der Waals surface area contributed by atoms with E-state index >= 15 is 0 Å². The lowest BCUT2D eigenvalue weighted by Crippen LogP contribution is -2.25. The number of nitrogens with one attached hydrogen (secondary N) is 1. The van der Waals surface area contributed by atoms with Crippen LogP contribution in [0, 0.1) is 0 Å². The Labute approximate surface area is 46.3 Å². The van der Waals surface area contributed by atoms with Crippen LogP contribution in [0.5, 0.6) is 0 Å². The molecule has 3 N–H and O–H groups in total. The van der Waals surface area contributed by atoms with Gasteiger partial charge in [-0.1, -0.05) is 11.8 Å². The minimum atomic E-state index is -0.0139. The Kier molecular flexibility index (Phi) is 1.21. The summed E-state index contributed by atoms with van der Waals surface area (Å²) >= 11 is 1.54. The van der Waals surface area contributed by atoms with E-state index in [4.69, 9.17) is 5.73 Å². The molecule has 4 heteroatoms. The lowest BCUT2D eigenvalue weighted by molar-refractivity contribution is 0.729. The number of nitrogens with two attached hydrogens (primary N) is 1. The summed E-state index contributed by atoms with van der Waals surface area (Å²) in [5, 5.41) is 4.83. The summed E-state index contributed by atoms with van der Waals surface area (Å²) in [6.45, 7) is 1.92. The number of thioether (sulfide) groups is 1. The Morgan fingerprint density at radius 1 is 2.00 bits per heavy atom. The largest absolute Gasteiger partial charge is 0.301 e. The van der Waals surface area contributed by atoms with Crippen molar-refractivity contribution in [3.8, 4) is 0 Å². The highest BCUT2D eigenvalue weighted by Gasteiger charge is 2.08. The number of nitrogens with zero attached hydrogens (tertiary/aromatic N) is 1. The molecule has 0 aromatic heterocycles. The van der Waals surface area contributed by atoms with Gasteiger partial charge in [-0.05, 0) is 6.92 Å². The van der Waals surface area contributed by atoms with Crippen LogP contribution in [0.2, 0.25) is 0 Å². The fourth-order valence-electron chi connectivity index (χ4n) is 0.391. The van der Waals surface area contributed by atoms with Crippen LogP contribution >= 0.6 is 11.8 Å². The second-order valence-corrected chi connectivity index (χ2v) is 2.63. The molecule has 0 bridgehead atoms. The van der Waals surface area contributed by atoms with Crippen molar-refractivity contribution in [1.82, 2.24) is 5.43 Å². The van der Waals surface area contributed by atoms with Gasteiger partial charge in [-0.15, -0.1) is 0 Å². The molecule has 1 unspecified atom stereocenters. The van der Waals surface area contributed by atoms with E-state index in [-0.39, 0.29) is 5.50 Å². The lowest BCUT2D eigenvalue weighted by atomic mass is 10.9. The first kappa shape index (κ1) is 4.93. The van der Waals surface area contributed by atoms with Crippen molar-refractivity contribution in [3.05, 3.63) is 0 Å². The molecule has 1 aliphatic rings. The molecule has 1 aliphatic heterocycles. The minimum Gasteiger partial charge on any atom is -0.301 e. The maximum absolute atomic E-state index is 5.36. The van der Waals surface area contributed by atoms with Crippen LogP contribution in [0.3, 0.4) is 0 Å². The summed E-state index contributed by atoms with van der Waals surface area (Å²) < 4.78 is 0. The third kappa shape index (κ3) is 1.07. The van der Waals surface area contributed by atoms with Gasteiger partial charge in [0.15, 0.2) is 0 Å². The van der Waals surface area contributed by atoms with Gasteiger partial charge in [-0.2, -0.15) is 5.10 Å². The van der Waals surface area contributed by atoms with Crippen molar-refractivity contribution in [2.75, 3.05) is 0 Å². The number of hydrogen-bond acceptors (Lipinski definition) is 4. The molecule has 40 valence electrons. The molecule has 0 amide bonds. The Morgan fingerprint density at radius 2 is 2.71 bits per heavy atom. The number of rotatable bonds is 0. The zero-order valence-electron chi connectivity index (χ0n) is 4.01. The average Bonchev–Trinajstić information content (AvgIpc) is 1.87. The second kappa shape index (κ2) is 1.71. The quantitative estimate of drug-likeness (QED) is 0.466. The molecular formula is C3H7N3S. The van der Waals surface area contributed by atoms with Crippen LogP contribution in [-0.2, 0) is 0 Å². The Bertz CT molecular complexity index is 100. The first-order chi connectivity index (χ1) is 3.29. The van der Waals surface area contributed by atoms with Gasteiger partial charge in [-0.25, -0.2) is 0 Å². The van der Waals surface area contributed by atoms with Crippen molar-refractivity contribution in [3.63, 3.8) is 0 Å². The fourth-order valence-corrected chi connectivity index (χ4v) is 0.969. The Morgan fingerprint density at radius 3 is 2.86 bits per heavy atom. The third-order valence-corrected chi connectivity index (χ3v) is 1.44. The van der Waals surface area contributed by atoms with E-state index < -0.39 is 0 Å². The van der Waals surface area contributed by atoms with E-state index in [1.54, 1.807) is 0 Å². The van der Waals surface area contributed by atoms with Crippen molar-refractivity contribution in [1.29, 1.82) is 0 Å². The number of hydrazone groups is 1. The molecule has 3 nitrogen and oxygen atoms in total. The molecule has 1 rings (SSSR count). The maximum Gasteiger partial charge on any atom is 0.144 e. The summed E-state index contributed by atoms with van der Waals surface area (Å²) in [5.74, 6) is 0. The molecule has 1 atom stereocenters. The van der Waals surface area contributed by atoms with E-state index in [0.29, 0.717) is 0 Å². The zero-order valence-corrected chi connectivity index (χ0v) is 4.83. The monoisotopic (exact) mass is 117 g/mol. The van der Waals surface area contributed by atoms with Gasteiger partial charge in [0.2, 0.25) is 0 Å². The van der Waals surface area contributed by atoms with E-state index in [1.807, 2.05) is 6.92 Å². The summed E-state index contributed by atoms with van der Waals surface area (Å²) in [6.07, 6.45) is 0. The highest BCUT2D eigenvalue weighted by Crippen LogP contribution is 2.10. The van der Waals surface area contributed by atoms with Gasteiger partial charge >= 0.3 is 0 Å². The standard InChI is InChI=1S/C3H7N3S/c1-2-5-6-3(4)7-2/h3,6H,4H2,1H3. The number of hydrogen-bond donors (Lipinski definition) is 2. The van der Waals surface area contributed by atoms with Crippen LogP contribution in [-0.4, -0.2) is 10.5 Å². The first-order valence-electron chi connectivity index (χ1n) is 2.01. The van der Waals surface area contributed by atoms with Crippen molar-refractivity contribution in [2.24, 2.45) is 10.8 Å². The van der Waals surface area contributed by atoms with Gasteiger partial charge in [-0.3, -0.25) is 5.43 Å². The molecule has 0 aromatic carbocycles. The maximum atomic E-state index is 5.36. The summed E-state index contributed by atoms with van der Waals surface area (Å²) in [5.41, 5.74) is 8.05. The van der Waals surface area contributed by atoms with E-state index in [2.05, 4.69) is 10.5 Å². The molecule has 1 heterocycles. The molecular weight excluding hydrogens is 110 g/mol. The van der Waals surface area contributed by atoms with Crippen molar-refractivity contribution in [2.45, 2.75) is 12.4 Å². The van der Waals surface area contributed by atoms with Crippen LogP contribution in [0.1, 0.15) is 6.92 Å². The van der Waals surface area contributed by atoms with E-state index in [0.717, 1.165) is 5.04 Å².